The number of hydrogen-bond donors (Lipinski definition) is 1. The summed E-state index contributed by atoms with van der Waals surface area (Å²) in [5.74, 6) is 0. The van der Waals surface area contributed by atoms with E-state index in [1.54, 1.807) is 0 Å². The molecule has 0 aliphatic carbocycles. The first-order chi connectivity index (χ1) is 8.86. The molecule has 0 bridgehead atoms. The molecule has 1 aromatic carbocycles. The van der Waals surface area contributed by atoms with Crippen molar-refractivity contribution in [2.75, 3.05) is 13.1 Å². The van der Waals surface area contributed by atoms with Crippen LogP contribution in [0.25, 0.3) is 0 Å². The average Bonchev–Trinajstić information content (AvgIpc) is 2.89. The number of piperidine rings is 1. The van der Waals surface area contributed by atoms with Gasteiger partial charge in [0.15, 0.2) is 0 Å². The van der Waals surface area contributed by atoms with Crippen molar-refractivity contribution in [3.63, 3.8) is 0 Å². The summed E-state index contributed by atoms with van der Waals surface area (Å²) in [5.41, 5.74) is 1.38. The van der Waals surface area contributed by atoms with E-state index in [1.165, 1.54) is 22.9 Å². The number of nitrogens with zero attached hydrogens (tertiary/aromatic N) is 1. The molecule has 0 radical (unpaired) electrons. The minimum Gasteiger partial charge on any atom is -0.358 e. The van der Waals surface area contributed by atoms with E-state index in [0.29, 0.717) is 11.4 Å². The predicted molar refractivity (Wildman–Crippen MR) is 81.3 cm³/mol. The summed E-state index contributed by atoms with van der Waals surface area (Å²) in [6, 6.07) is 9.24. The van der Waals surface area contributed by atoms with Crippen molar-refractivity contribution < 1.29 is 0 Å². The monoisotopic (exact) mass is 324 g/mol. The summed E-state index contributed by atoms with van der Waals surface area (Å²) >= 11 is 5.58. The highest BCUT2D eigenvalue weighted by Gasteiger charge is 2.30. The fourth-order valence-corrected chi connectivity index (χ4v) is 4.40. The Hall–Kier alpha value is -0.450. The molecule has 18 heavy (non-hydrogen) atoms. The molecule has 4 heteroatoms. The number of rotatable bonds is 2. The van der Waals surface area contributed by atoms with Crippen molar-refractivity contribution in [2.24, 2.45) is 0 Å². The molecule has 1 saturated heterocycles. The predicted octanol–water partition coefficient (Wildman–Crippen LogP) is 3.72. The van der Waals surface area contributed by atoms with E-state index in [9.17, 15) is 0 Å². The van der Waals surface area contributed by atoms with E-state index in [4.69, 9.17) is 0 Å². The summed E-state index contributed by atoms with van der Waals surface area (Å²) < 4.78 is 1.21. The Balaban J connectivity index is 1.82. The second-order valence-electron chi connectivity index (χ2n) is 4.72. The molecule has 0 saturated carbocycles. The molecule has 96 valence electrons. The maximum atomic E-state index is 3.68. The third kappa shape index (κ3) is 2.46. The third-order valence-electron chi connectivity index (χ3n) is 3.61. The van der Waals surface area contributed by atoms with Crippen LogP contribution in [0, 0.1) is 0 Å². The summed E-state index contributed by atoms with van der Waals surface area (Å²) in [6.45, 7) is 2.28. The van der Waals surface area contributed by atoms with Crippen LogP contribution in [0.2, 0.25) is 0 Å². The Morgan fingerprint density at radius 2 is 2.00 bits per heavy atom. The molecular weight excluding hydrogens is 308 g/mol. The Morgan fingerprint density at radius 1 is 1.22 bits per heavy atom. The van der Waals surface area contributed by atoms with Gasteiger partial charge in [0, 0.05) is 16.7 Å². The van der Waals surface area contributed by atoms with Gasteiger partial charge in [-0.25, -0.2) is 0 Å². The van der Waals surface area contributed by atoms with Crippen molar-refractivity contribution in [3.8, 4) is 0 Å². The van der Waals surface area contributed by atoms with Crippen LogP contribution in [0.1, 0.15) is 23.8 Å². The molecule has 0 spiro atoms. The van der Waals surface area contributed by atoms with Gasteiger partial charge in [-0.05, 0) is 43.0 Å². The first kappa shape index (κ1) is 12.6. The summed E-state index contributed by atoms with van der Waals surface area (Å²) in [5, 5.41) is 6.10. The molecule has 3 rings (SSSR count). The van der Waals surface area contributed by atoms with E-state index in [0.717, 1.165) is 13.1 Å². The first-order valence-corrected chi connectivity index (χ1v) is 8.14. The molecule has 1 fully saturated rings. The minimum absolute atomic E-state index is 0.434. The molecule has 1 unspecified atom stereocenters. The van der Waals surface area contributed by atoms with E-state index >= 15 is 0 Å². The Labute approximate surface area is 121 Å². The van der Waals surface area contributed by atoms with Gasteiger partial charge < -0.3 is 10.2 Å². The van der Waals surface area contributed by atoms with Crippen molar-refractivity contribution in [3.05, 3.63) is 45.9 Å². The number of halogens is 1. The van der Waals surface area contributed by atoms with Crippen LogP contribution < -0.4 is 5.32 Å². The molecule has 2 heterocycles. The first-order valence-electron chi connectivity index (χ1n) is 6.41. The highest BCUT2D eigenvalue weighted by Crippen LogP contribution is 2.43. The van der Waals surface area contributed by atoms with E-state index in [1.807, 2.05) is 11.8 Å². The van der Waals surface area contributed by atoms with Crippen molar-refractivity contribution >= 4 is 27.7 Å². The molecule has 2 nitrogen and oxygen atoms in total. The van der Waals surface area contributed by atoms with E-state index < -0.39 is 0 Å². The molecule has 1 aromatic rings. The highest BCUT2D eigenvalue weighted by molar-refractivity contribution is 9.10. The summed E-state index contributed by atoms with van der Waals surface area (Å²) in [7, 11) is 0. The standard InChI is InChI=1S/C14H17BrN2S/c15-13-4-2-1-3-12(13)14-17(9-10-18-14)11-5-7-16-8-6-11/h1-4,9-11,14,16H,5-8H2. The Morgan fingerprint density at radius 3 is 2.78 bits per heavy atom. The zero-order chi connectivity index (χ0) is 12.4. The van der Waals surface area contributed by atoms with Crippen LogP contribution in [-0.2, 0) is 0 Å². The number of hydrogen-bond acceptors (Lipinski definition) is 3. The maximum absolute atomic E-state index is 3.68. The van der Waals surface area contributed by atoms with Gasteiger partial charge in [-0.1, -0.05) is 34.1 Å². The van der Waals surface area contributed by atoms with Gasteiger partial charge in [-0.3, -0.25) is 0 Å². The Bertz CT molecular complexity index is 443. The van der Waals surface area contributed by atoms with Crippen LogP contribution in [0.15, 0.2) is 40.3 Å². The van der Waals surface area contributed by atoms with E-state index in [2.05, 4.69) is 62.0 Å². The van der Waals surface area contributed by atoms with Gasteiger partial charge in [0.25, 0.3) is 0 Å². The number of thioether (sulfide) groups is 1. The molecular formula is C14H17BrN2S. The lowest BCUT2D eigenvalue weighted by atomic mass is 10.0. The lowest BCUT2D eigenvalue weighted by Gasteiger charge is -2.36. The zero-order valence-corrected chi connectivity index (χ0v) is 12.6. The normalized spacial score (nSPS) is 24.7. The lowest BCUT2D eigenvalue weighted by molar-refractivity contribution is 0.218. The second-order valence-corrected chi connectivity index (χ2v) is 6.57. The highest BCUT2D eigenvalue weighted by atomic mass is 79.9. The van der Waals surface area contributed by atoms with Crippen LogP contribution in [0.4, 0.5) is 0 Å². The van der Waals surface area contributed by atoms with E-state index in [-0.39, 0.29) is 0 Å². The zero-order valence-electron chi connectivity index (χ0n) is 10.2. The average molecular weight is 325 g/mol. The smallest absolute Gasteiger partial charge is 0.105 e. The fourth-order valence-electron chi connectivity index (χ4n) is 2.66. The second kappa shape index (κ2) is 5.68. The topological polar surface area (TPSA) is 15.3 Å². The largest absolute Gasteiger partial charge is 0.358 e. The molecule has 0 amide bonds. The van der Waals surface area contributed by atoms with Crippen molar-refractivity contribution in [1.82, 2.24) is 10.2 Å². The number of benzene rings is 1. The van der Waals surface area contributed by atoms with Crippen molar-refractivity contribution in [2.45, 2.75) is 24.3 Å². The van der Waals surface area contributed by atoms with Crippen LogP contribution in [0.5, 0.6) is 0 Å². The SMILES string of the molecule is Brc1ccccc1C1SC=CN1C1CCNCC1. The van der Waals surface area contributed by atoms with Gasteiger partial charge in [-0.2, -0.15) is 0 Å². The molecule has 2 aliphatic rings. The van der Waals surface area contributed by atoms with Gasteiger partial charge in [0.2, 0.25) is 0 Å². The third-order valence-corrected chi connectivity index (χ3v) is 5.37. The summed E-state index contributed by atoms with van der Waals surface area (Å²) in [6.07, 6.45) is 4.75. The van der Waals surface area contributed by atoms with Gasteiger partial charge >= 0.3 is 0 Å². The number of nitrogens with one attached hydrogen (secondary N) is 1. The van der Waals surface area contributed by atoms with Gasteiger partial charge in [0.1, 0.15) is 5.37 Å². The quantitative estimate of drug-likeness (QED) is 0.892. The molecule has 1 N–H and O–H groups in total. The van der Waals surface area contributed by atoms with Crippen LogP contribution >= 0.6 is 27.7 Å². The van der Waals surface area contributed by atoms with Crippen molar-refractivity contribution in [1.29, 1.82) is 0 Å². The fraction of sp³-hybridized carbons (Fsp3) is 0.429. The lowest BCUT2D eigenvalue weighted by Crippen LogP contribution is -2.40. The molecule has 0 aromatic heterocycles. The molecule has 1 atom stereocenters. The van der Waals surface area contributed by atoms with Gasteiger partial charge in [0.05, 0.1) is 0 Å². The minimum atomic E-state index is 0.434. The Kier molecular flexibility index (Phi) is 3.97. The van der Waals surface area contributed by atoms with Crippen LogP contribution in [-0.4, -0.2) is 24.0 Å². The van der Waals surface area contributed by atoms with Crippen LogP contribution in [0.3, 0.4) is 0 Å². The molecule has 2 aliphatic heterocycles. The van der Waals surface area contributed by atoms with Gasteiger partial charge in [-0.15, -0.1) is 11.8 Å². The summed E-state index contributed by atoms with van der Waals surface area (Å²) in [4.78, 5) is 2.53. The maximum Gasteiger partial charge on any atom is 0.105 e.